The highest BCUT2D eigenvalue weighted by Gasteiger charge is 2.39. The largest absolute Gasteiger partial charge is 0.384 e. The second kappa shape index (κ2) is 5.64. The standard InChI is InChI=1S/C12H24N2O2/c1-10(2)14(7-11(13)15)8-12(9-16-3)5-4-6-12/h10H,4-9H2,1-3H3,(H2,13,15). The summed E-state index contributed by atoms with van der Waals surface area (Å²) in [4.78, 5) is 13.2. The first kappa shape index (κ1) is 13.5. The maximum Gasteiger partial charge on any atom is 0.231 e. The number of methoxy groups -OCH3 is 1. The molecule has 2 N–H and O–H groups in total. The Bertz CT molecular complexity index is 237. The summed E-state index contributed by atoms with van der Waals surface area (Å²) in [5.41, 5.74) is 5.53. The van der Waals surface area contributed by atoms with Crippen LogP contribution in [0.15, 0.2) is 0 Å². The van der Waals surface area contributed by atoms with Crippen molar-refractivity contribution in [2.75, 3.05) is 26.8 Å². The van der Waals surface area contributed by atoms with E-state index in [1.807, 2.05) is 0 Å². The topological polar surface area (TPSA) is 55.6 Å². The molecular formula is C12H24N2O2. The molecule has 0 atom stereocenters. The van der Waals surface area contributed by atoms with Crippen molar-refractivity contribution in [2.24, 2.45) is 11.1 Å². The first-order chi connectivity index (χ1) is 7.49. The number of amides is 1. The van der Waals surface area contributed by atoms with Crippen LogP contribution in [-0.2, 0) is 9.53 Å². The van der Waals surface area contributed by atoms with Gasteiger partial charge in [-0.3, -0.25) is 9.69 Å². The average molecular weight is 228 g/mol. The van der Waals surface area contributed by atoms with E-state index in [9.17, 15) is 4.79 Å². The van der Waals surface area contributed by atoms with E-state index in [0.29, 0.717) is 12.6 Å². The van der Waals surface area contributed by atoms with Gasteiger partial charge in [0, 0.05) is 25.1 Å². The third-order valence-electron chi connectivity index (χ3n) is 3.49. The Morgan fingerprint density at radius 1 is 1.50 bits per heavy atom. The fourth-order valence-electron chi connectivity index (χ4n) is 2.38. The van der Waals surface area contributed by atoms with Gasteiger partial charge in [0.15, 0.2) is 0 Å². The Hall–Kier alpha value is -0.610. The van der Waals surface area contributed by atoms with Crippen molar-refractivity contribution in [3.63, 3.8) is 0 Å². The summed E-state index contributed by atoms with van der Waals surface area (Å²) in [7, 11) is 1.74. The van der Waals surface area contributed by atoms with Crippen molar-refractivity contribution in [2.45, 2.75) is 39.2 Å². The van der Waals surface area contributed by atoms with Gasteiger partial charge in [-0.05, 0) is 26.7 Å². The molecule has 0 aromatic carbocycles. The highest BCUT2D eigenvalue weighted by molar-refractivity contribution is 5.75. The SMILES string of the molecule is COCC1(CN(CC(N)=O)C(C)C)CCC1. The third kappa shape index (κ3) is 3.46. The van der Waals surface area contributed by atoms with E-state index in [2.05, 4.69) is 18.7 Å². The number of carbonyl (C=O) groups excluding carboxylic acids is 1. The van der Waals surface area contributed by atoms with E-state index >= 15 is 0 Å². The molecule has 0 aromatic heterocycles. The Kier molecular flexibility index (Phi) is 4.74. The fourth-order valence-corrected chi connectivity index (χ4v) is 2.38. The number of nitrogens with two attached hydrogens (primary N) is 1. The Morgan fingerprint density at radius 2 is 2.12 bits per heavy atom. The molecule has 1 amide bonds. The molecule has 0 saturated heterocycles. The summed E-state index contributed by atoms with van der Waals surface area (Å²) in [6.45, 7) is 6.25. The predicted molar refractivity (Wildman–Crippen MR) is 64.1 cm³/mol. The molecule has 1 fully saturated rings. The lowest BCUT2D eigenvalue weighted by Gasteiger charge is -2.45. The molecular weight excluding hydrogens is 204 g/mol. The van der Waals surface area contributed by atoms with Crippen LogP contribution in [0.1, 0.15) is 33.1 Å². The zero-order valence-corrected chi connectivity index (χ0v) is 10.7. The monoisotopic (exact) mass is 228 g/mol. The van der Waals surface area contributed by atoms with Gasteiger partial charge >= 0.3 is 0 Å². The molecule has 94 valence electrons. The van der Waals surface area contributed by atoms with E-state index in [4.69, 9.17) is 10.5 Å². The molecule has 1 aliphatic carbocycles. The van der Waals surface area contributed by atoms with Crippen LogP contribution in [0.4, 0.5) is 0 Å². The van der Waals surface area contributed by atoms with E-state index in [-0.39, 0.29) is 11.3 Å². The lowest BCUT2D eigenvalue weighted by Crippen LogP contribution is -2.49. The molecule has 0 aromatic rings. The first-order valence-electron chi connectivity index (χ1n) is 6.00. The zero-order chi connectivity index (χ0) is 12.2. The quantitative estimate of drug-likeness (QED) is 0.707. The van der Waals surface area contributed by atoms with Crippen LogP contribution in [0.25, 0.3) is 0 Å². The van der Waals surface area contributed by atoms with Gasteiger partial charge in [-0.2, -0.15) is 0 Å². The summed E-state index contributed by atoms with van der Waals surface area (Å²) in [6, 6.07) is 0.349. The lowest BCUT2D eigenvalue weighted by molar-refractivity contribution is -0.120. The summed E-state index contributed by atoms with van der Waals surface area (Å²) >= 11 is 0. The zero-order valence-electron chi connectivity index (χ0n) is 10.7. The smallest absolute Gasteiger partial charge is 0.231 e. The molecule has 1 rings (SSSR count). The van der Waals surface area contributed by atoms with Crippen LogP contribution in [0.3, 0.4) is 0 Å². The van der Waals surface area contributed by atoms with Crippen molar-refractivity contribution in [1.82, 2.24) is 4.90 Å². The number of hydrogen-bond donors (Lipinski definition) is 1. The van der Waals surface area contributed by atoms with Crippen LogP contribution < -0.4 is 5.73 Å². The Labute approximate surface area is 98.1 Å². The van der Waals surface area contributed by atoms with Crippen molar-refractivity contribution in [1.29, 1.82) is 0 Å². The highest BCUT2D eigenvalue weighted by Crippen LogP contribution is 2.41. The van der Waals surface area contributed by atoms with Crippen LogP contribution >= 0.6 is 0 Å². The fraction of sp³-hybridized carbons (Fsp3) is 0.917. The van der Waals surface area contributed by atoms with E-state index in [0.717, 1.165) is 13.2 Å². The average Bonchev–Trinajstić information content (AvgIpc) is 2.12. The van der Waals surface area contributed by atoms with Gasteiger partial charge in [0.2, 0.25) is 5.91 Å². The minimum absolute atomic E-state index is 0.249. The maximum atomic E-state index is 11.0. The summed E-state index contributed by atoms with van der Waals surface area (Å²) in [6.07, 6.45) is 3.66. The van der Waals surface area contributed by atoms with Crippen molar-refractivity contribution in [3.05, 3.63) is 0 Å². The number of carbonyl (C=O) groups is 1. The molecule has 4 heteroatoms. The van der Waals surface area contributed by atoms with Crippen molar-refractivity contribution < 1.29 is 9.53 Å². The van der Waals surface area contributed by atoms with Crippen molar-refractivity contribution >= 4 is 5.91 Å². The predicted octanol–water partition coefficient (Wildman–Crippen LogP) is 0.999. The molecule has 0 bridgehead atoms. The molecule has 0 spiro atoms. The van der Waals surface area contributed by atoms with Crippen LogP contribution in [0.2, 0.25) is 0 Å². The third-order valence-corrected chi connectivity index (χ3v) is 3.49. The van der Waals surface area contributed by atoms with E-state index in [1.54, 1.807) is 7.11 Å². The number of rotatable bonds is 7. The second-order valence-corrected chi connectivity index (χ2v) is 5.25. The normalized spacial score (nSPS) is 18.8. The van der Waals surface area contributed by atoms with E-state index in [1.165, 1.54) is 19.3 Å². The lowest BCUT2D eigenvalue weighted by atomic mass is 9.69. The maximum absolute atomic E-state index is 11.0. The van der Waals surface area contributed by atoms with Gasteiger partial charge in [0.05, 0.1) is 13.2 Å². The molecule has 16 heavy (non-hydrogen) atoms. The van der Waals surface area contributed by atoms with E-state index < -0.39 is 0 Å². The second-order valence-electron chi connectivity index (χ2n) is 5.25. The molecule has 4 nitrogen and oxygen atoms in total. The number of primary amides is 1. The molecule has 0 aliphatic heterocycles. The van der Waals surface area contributed by atoms with Crippen molar-refractivity contribution in [3.8, 4) is 0 Å². The Balaban J connectivity index is 2.55. The van der Waals surface area contributed by atoms with Crippen LogP contribution in [0.5, 0.6) is 0 Å². The van der Waals surface area contributed by atoms with Gasteiger partial charge in [-0.15, -0.1) is 0 Å². The molecule has 1 saturated carbocycles. The molecule has 1 aliphatic rings. The summed E-state index contributed by atoms with van der Waals surface area (Å²) in [5, 5.41) is 0. The minimum atomic E-state index is -0.249. The number of nitrogens with zero attached hydrogens (tertiary/aromatic N) is 1. The summed E-state index contributed by atoms with van der Waals surface area (Å²) in [5.74, 6) is -0.249. The first-order valence-corrected chi connectivity index (χ1v) is 6.00. The number of hydrogen-bond acceptors (Lipinski definition) is 3. The summed E-state index contributed by atoms with van der Waals surface area (Å²) < 4.78 is 5.29. The Morgan fingerprint density at radius 3 is 2.44 bits per heavy atom. The molecule has 0 unspecified atom stereocenters. The van der Waals surface area contributed by atoms with Gasteiger partial charge in [-0.1, -0.05) is 6.42 Å². The minimum Gasteiger partial charge on any atom is -0.384 e. The van der Waals surface area contributed by atoms with Gasteiger partial charge in [0.25, 0.3) is 0 Å². The highest BCUT2D eigenvalue weighted by atomic mass is 16.5. The number of ether oxygens (including phenoxy) is 1. The van der Waals surface area contributed by atoms with Crippen LogP contribution in [-0.4, -0.2) is 43.7 Å². The molecule has 0 heterocycles. The van der Waals surface area contributed by atoms with Gasteiger partial charge < -0.3 is 10.5 Å². The molecule has 0 radical (unpaired) electrons. The van der Waals surface area contributed by atoms with Gasteiger partial charge in [0.1, 0.15) is 0 Å². The van der Waals surface area contributed by atoms with Crippen LogP contribution in [0, 0.1) is 5.41 Å². The van der Waals surface area contributed by atoms with Gasteiger partial charge in [-0.25, -0.2) is 0 Å².